The van der Waals surface area contributed by atoms with Gasteiger partial charge < -0.3 is 0 Å². The molecule has 0 spiro atoms. The van der Waals surface area contributed by atoms with Crippen molar-refractivity contribution in [3.05, 3.63) is 108 Å². The van der Waals surface area contributed by atoms with Gasteiger partial charge in [-0.2, -0.15) is 0 Å². The van der Waals surface area contributed by atoms with E-state index in [1.165, 1.54) is 11.1 Å². The summed E-state index contributed by atoms with van der Waals surface area (Å²) in [5.41, 5.74) is 4.32. The Kier molecular flexibility index (Phi) is 4.34. The van der Waals surface area contributed by atoms with Crippen LogP contribution in [-0.2, 0) is 0 Å². The van der Waals surface area contributed by atoms with E-state index in [9.17, 15) is 0 Å². The number of fused-ring (bicyclic) bond motifs is 1. The highest BCUT2D eigenvalue weighted by Gasteiger charge is 2.11. The van der Waals surface area contributed by atoms with Crippen LogP contribution in [0.3, 0.4) is 0 Å². The molecule has 0 saturated carbocycles. The number of benzene rings is 3. The van der Waals surface area contributed by atoms with Gasteiger partial charge in [-0.05, 0) is 23.3 Å². The van der Waals surface area contributed by atoms with Gasteiger partial charge in [0.25, 0.3) is 0 Å². The third-order valence-corrected chi connectivity index (χ3v) is 4.27. The maximum absolute atomic E-state index is 4.72. The summed E-state index contributed by atoms with van der Waals surface area (Å²) in [7, 11) is 0. The van der Waals surface area contributed by atoms with Crippen LogP contribution in [0.15, 0.2) is 102 Å². The van der Waals surface area contributed by atoms with Crippen molar-refractivity contribution in [1.29, 1.82) is 0 Å². The summed E-state index contributed by atoms with van der Waals surface area (Å²) in [5, 5.41) is 1.10. The summed E-state index contributed by atoms with van der Waals surface area (Å²) in [6, 6.07) is 31.1. The summed E-state index contributed by atoms with van der Waals surface area (Å²) in [6.45, 7) is 0. The van der Waals surface area contributed by atoms with Crippen molar-refractivity contribution in [2.75, 3.05) is 0 Å². The molecule has 2 heteroatoms. The van der Waals surface area contributed by atoms with Crippen molar-refractivity contribution in [3.8, 4) is 0 Å². The Morgan fingerprint density at radius 2 is 1.32 bits per heavy atom. The molecule has 1 aromatic heterocycles. The van der Waals surface area contributed by atoms with Crippen molar-refractivity contribution < 1.29 is 0 Å². The van der Waals surface area contributed by atoms with Gasteiger partial charge in [-0.25, -0.2) is 0 Å². The summed E-state index contributed by atoms with van der Waals surface area (Å²) in [6.07, 6.45) is 3.84. The second-order valence-electron chi connectivity index (χ2n) is 5.96. The molecule has 4 aromatic rings. The third kappa shape index (κ3) is 3.48. The minimum atomic E-state index is 0.119. The maximum atomic E-state index is 4.72. The lowest BCUT2D eigenvalue weighted by atomic mass is 9.92. The van der Waals surface area contributed by atoms with Crippen LogP contribution < -0.4 is 0 Å². The minimum Gasteiger partial charge on any atom is -0.259 e. The molecular weight excluding hydrogens is 304 g/mol. The van der Waals surface area contributed by atoms with E-state index in [4.69, 9.17) is 4.99 Å². The van der Waals surface area contributed by atoms with E-state index in [2.05, 4.69) is 65.6 Å². The largest absolute Gasteiger partial charge is 0.259 e. The van der Waals surface area contributed by atoms with Crippen LogP contribution in [0.2, 0.25) is 0 Å². The van der Waals surface area contributed by atoms with Gasteiger partial charge in [0, 0.05) is 17.5 Å². The van der Waals surface area contributed by atoms with E-state index in [1.54, 1.807) is 0 Å². The van der Waals surface area contributed by atoms with Crippen LogP contribution in [0.5, 0.6) is 0 Å². The van der Waals surface area contributed by atoms with E-state index >= 15 is 0 Å². The summed E-state index contributed by atoms with van der Waals surface area (Å²) in [5.74, 6) is 0.119. The first kappa shape index (κ1) is 15.3. The molecular formula is C23H18N2. The van der Waals surface area contributed by atoms with E-state index < -0.39 is 0 Å². The number of para-hydroxylation sites is 1. The van der Waals surface area contributed by atoms with Crippen LogP contribution in [0.1, 0.15) is 17.0 Å². The standard InChI is InChI=1S/C23H18N2/c1-3-9-18(10-4-1)22(19-11-5-2-6-12-19)17-24-21-15-20-13-7-8-14-23(20)25-16-21/h1-17,22H. The summed E-state index contributed by atoms with van der Waals surface area (Å²) in [4.78, 5) is 9.21. The van der Waals surface area contributed by atoms with Crippen LogP contribution in [0.4, 0.5) is 5.69 Å². The molecule has 0 fully saturated rings. The lowest BCUT2D eigenvalue weighted by Crippen LogP contribution is -2.02. The Bertz CT molecular complexity index is 952. The van der Waals surface area contributed by atoms with E-state index in [0.29, 0.717) is 0 Å². The first-order valence-electron chi connectivity index (χ1n) is 8.39. The number of aliphatic imine (C=N–C) groups is 1. The monoisotopic (exact) mass is 322 g/mol. The molecule has 0 aliphatic rings. The number of nitrogens with zero attached hydrogens (tertiary/aromatic N) is 2. The molecule has 120 valence electrons. The smallest absolute Gasteiger partial charge is 0.0815 e. The molecule has 0 amide bonds. The van der Waals surface area contributed by atoms with Gasteiger partial charge in [-0.15, -0.1) is 0 Å². The van der Waals surface area contributed by atoms with Gasteiger partial charge in [-0.1, -0.05) is 78.9 Å². The molecule has 3 aromatic carbocycles. The lowest BCUT2D eigenvalue weighted by Gasteiger charge is -2.13. The van der Waals surface area contributed by atoms with Gasteiger partial charge in [0.1, 0.15) is 0 Å². The quantitative estimate of drug-likeness (QED) is 0.438. The highest BCUT2D eigenvalue weighted by atomic mass is 14.8. The number of aromatic nitrogens is 1. The number of hydrogen-bond acceptors (Lipinski definition) is 2. The fourth-order valence-corrected chi connectivity index (χ4v) is 2.98. The molecule has 2 nitrogen and oxygen atoms in total. The average molecular weight is 322 g/mol. The van der Waals surface area contributed by atoms with E-state index in [1.807, 2.05) is 42.7 Å². The SMILES string of the molecule is C(=Nc1cnc2ccccc2c1)C(c1ccccc1)c1ccccc1. The Hall–Kier alpha value is -3.26. The van der Waals surface area contributed by atoms with Gasteiger partial charge in [0.2, 0.25) is 0 Å². The molecule has 25 heavy (non-hydrogen) atoms. The molecule has 4 rings (SSSR count). The molecule has 0 aliphatic carbocycles. The Morgan fingerprint density at radius 1 is 0.720 bits per heavy atom. The Labute approximate surface area is 147 Å². The zero-order valence-corrected chi connectivity index (χ0v) is 13.8. The second-order valence-corrected chi connectivity index (χ2v) is 5.96. The first-order valence-corrected chi connectivity index (χ1v) is 8.39. The fourth-order valence-electron chi connectivity index (χ4n) is 2.98. The van der Waals surface area contributed by atoms with Crippen molar-refractivity contribution in [1.82, 2.24) is 4.98 Å². The van der Waals surface area contributed by atoms with E-state index in [-0.39, 0.29) is 5.92 Å². The van der Waals surface area contributed by atoms with Crippen LogP contribution in [-0.4, -0.2) is 11.2 Å². The molecule has 0 unspecified atom stereocenters. The second kappa shape index (κ2) is 7.10. The molecule has 0 N–H and O–H groups in total. The Balaban J connectivity index is 1.71. The number of hydrogen-bond donors (Lipinski definition) is 0. The molecule has 1 heterocycles. The zero-order chi connectivity index (χ0) is 16.9. The fraction of sp³-hybridized carbons (Fsp3) is 0.0435. The maximum Gasteiger partial charge on any atom is 0.0815 e. The van der Waals surface area contributed by atoms with Crippen LogP contribution in [0, 0.1) is 0 Å². The molecule has 0 aliphatic heterocycles. The van der Waals surface area contributed by atoms with Crippen molar-refractivity contribution in [2.45, 2.75) is 5.92 Å². The number of rotatable bonds is 4. The average Bonchev–Trinajstić information content (AvgIpc) is 2.70. The van der Waals surface area contributed by atoms with Crippen molar-refractivity contribution >= 4 is 22.8 Å². The Morgan fingerprint density at radius 3 is 2.00 bits per heavy atom. The molecule has 0 bridgehead atoms. The van der Waals surface area contributed by atoms with Crippen molar-refractivity contribution in [2.24, 2.45) is 4.99 Å². The van der Waals surface area contributed by atoms with E-state index in [0.717, 1.165) is 16.6 Å². The van der Waals surface area contributed by atoms with Gasteiger partial charge in [-0.3, -0.25) is 9.98 Å². The number of pyridine rings is 1. The predicted molar refractivity (Wildman–Crippen MR) is 105 cm³/mol. The van der Waals surface area contributed by atoms with Gasteiger partial charge in [0.05, 0.1) is 17.4 Å². The minimum absolute atomic E-state index is 0.119. The highest BCUT2D eigenvalue weighted by molar-refractivity contribution is 5.82. The highest BCUT2D eigenvalue weighted by Crippen LogP contribution is 2.25. The topological polar surface area (TPSA) is 25.2 Å². The molecule has 0 saturated heterocycles. The summed E-state index contributed by atoms with van der Waals surface area (Å²) < 4.78 is 0. The van der Waals surface area contributed by atoms with Crippen LogP contribution >= 0.6 is 0 Å². The van der Waals surface area contributed by atoms with Crippen molar-refractivity contribution in [3.63, 3.8) is 0 Å². The van der Waals surface area contributed by atoms with Crippen LogP contribution in [0.25, 0.3) is 10.9 Å². The molecule has 0 atom stereocenters. The zero-order valence-electron chi connectivity index (χ0n) is 13.8. The summed E-state index contributed by atoms with van der Waals surface area (Å²) >= 11 is 0. The third-order valence-electron chi connectivity index (χ3n) is 4.27. The molecule has 0 radical (unpaired) electrons. The van der Waals surface area contributed by atoms with Gasteiger partial charge >= 0.3 is 0 Å². The lowest BCUT2D eigenvalue weighted by molar-refractivity contribution is 1.10. The first-order chi connectivity index (χ1) is 12.4. The normalized spacial score (nSPS) is 11.4. The predicted octanol–water partition coefficient (Wildman–Crippen LogP) is 5.77. The van der Waals surface area contributed by atoms with Gasteiger partial charge in [0.15, 0.2) is 0 Å².